The highest BCUT2D eigenvalue weighted by molar-refractivity contribution is 6.07. The summed E-state index contributed by atoms with van der Waals surface area (Å²) < 4.78 is 13.9. The summed E-state index contributed by atoms with van der Waals surface area (Å²) in [6.07, 6.45) is 2.08. The zero-order valence-corrected chi connectivity index (χ0v) is 12.1. The first-order valence-corrected chi connectivity index (χ1v) is 7.33. The van der Waals surface area contributed by atoms with Crippen LogP contribution in [0.5, 0.6) is 0 Å². The summed E-state index contributed by atoms with van der Waals surface area (Å²) in [6.45, 7) is 1.83. The summed E-state index contributed by atoms with van der Waals surface area (Å²) >= 11 is 0. The van der Waals surface area contributed by atoms with Crippen LogP contribution in [-0.2, 0) is 0 Å². The third kappa shape index (κ3) is 2.63. The van der Waals surface area contributed by atoms with Gasteiger partial charge in [-0.3, -0.25) is 4.79 Å². The van der Waals surface area contributed by atoms with Gasteiger partial charge >= 0.3 is 0 Å². The number of carbonyl (C=O) groups excluding carboxylic acids is 1. The highest BCUT2D eigenvalue weighted by Crippen LogP contribution is 2.24. The first kappa shape index (κ1) is 14.0. The Kier molecular flexibility index (Phi) is 3.88. The molecule has 1 fully saturated rings. The van der Waals surface area contributed by atoms with E-state index in [1.165, 1.54) is 6.07 Å². The number of nitrogens with zero attached hydrogens (tertiary/aromatic N) is 1. The average Bonchev–Trinajstić information content (AvgIpc) is 2.55. The number of nitrogens with one attached hydrogen (secondary N) is 1. The third-order valence-electron chi connectivity index (χ3n) is 4.24. The van der Waals surface area contributed by atoms with Crippen LogP contribution in [-0.4, -0.2) is 37.0 Å². The number of rotatable bonds is 2. The molecule has 0 aromatic heterocycles. The minimum Gasteiger partial charge on any atom is -0.337 e. The Labute approximate surface area is 123 Å². The second kappa shape index (κ2) is 5.82. The van der Waals surface area contributed by atoms with Crippen molar-refractivity contribution in [1.29, 1.82) is 0 Å². The van der Waals surface area contributed by atoms with Gasteiger partial charge in [0, 0.05) is 30.6 Å². The van der Waals surface area contributed by atoms with Crippen molar-refractivity contribution in [2.45, 2.75) is 18.9 Å². The lowest BCUT2D eigenvalue weighted by Gasteiger charge is -2.32. The topological polar surface area (TPSA) is 32.3 Å². The number of piperidine rings is 1. The van der Waals surface area contributed by atoms with Crippen LogP contribution in [0.3, 0.4) is 0 Å². The fourth-order valence-corrected chi connectivity index (χ4v) is 2.97. The van der Waals surface area contributed by atoms with Gasteiger partial charge in [0.25, 0.3) is 5.91 Å². The van der Waals surface area contributed by atoms with Gasteiger partial charge < -0.3 is 10.2 Å². The molecule has 0 bridgehead atoms. The van der Waals surface area contributed by atoms with E-state index in [0.717, 1.165) is 25.9 Å². The van der Waals surface area contributed by atoms with Crippen molar-refractivity contribution in [2.75, 3.05) is 20.1 Å². The van der Waals surface area contributed by atoms with Crippen LogP contribution in [0.15, 0.2) is 36.4 Å². The molecule has 4 heteroatoms. The van der Waals surface area contributed by atoms with Crippen LogP contribution < -0.4 is 5.32 Å². The van der Waals surface area contributed by atoms with Gasteiger partial charge in [-0.1, -0.05) is 24.3 Å². The Balaban J connectivity index is 1.96. The SMILES string of the molecule is CN(C(=O)c1ccc(F)c2ccccc12)C1CCCNC1. The Morgan fingerprint density at radius 3 is 2.71 bits per heavy atom. The molecule has 2 aromatic carbocycles. The van der Waals surface area contributed by atoms with Crippen LogP contribution >= 0.6 is 0 Å². The molecular weight excluding hydrogens is 267 g/mol. The molecule has 0 saturated carbocycles. The van der Waals surface area contributed by atoms with Gasteiger partial charge in [-0.05, 0) is 36.9 Å². The third-order valence-corrected chi connectivity index (χ3v) is 4.24. The Morgan fingerprint density at radius 2 is 2.00 bits per heavy atom. The van der Waals surface area contributed by atoms with E-state index in [0.29, 0.717) is 16.3 Å². The maximum atomic E-state index is 13.9. The summed E-state index contributed by atoms with van der Waals surface area (Å²) in [5.41, 5.74) is 0.570. The van der Waals surface area contributed by atoms with E-state index < -0.39 is 0 Å². The van der Waals surface area contributed by atoms with Crippen LogP contribution in [0.25, 0.3) is 10.8 Å². The first-order valence-electron chi connectivity index (χ1n) is 7.33. The van der Waals surface area contributed by atoms with Crippen LogP contribution in [0, 0.1) is 5.82 Å². The molecule has 1 atom stereocenters. The molecule has 1 aliphatic rings. The van der Waals surface area contributed by atoms with Gasteiger partial charge in [0.15, 0.2) is 0 Å². The van der Waals surface area contributed by atoms with Crippen LogP contribution in [0.2, 0.25) is 0 Å². The Bertz CT molecular complexity index is 665. The number of likely N-dealkylation sites (N-methyl/N-ethyl adjacent to an activating group) is 1. The Hall–Kier alpha value is -1.94. The Morgan fingerprint density at radius 1 is 1.24 bits per heavy atom. The van der Waals surface area contributed by atoms with E-state index >= 15 is 0 Å². The molecule has 1 amide bonds. The smallest absolute Gasteiger partial charge is 0.254 e. The molecule has 2 aromatic rings. The van der Waals surface area contributed by atoms with Crippen molar-refractivity contribution in [1.82, 2.24) is 10.2 Å². The van der Waals surface area contributed by atoms with Gasteiger partial charge in [-0.25, -0.2) is 4.39 Å². The molecule has 1 saturated heterocycles. The predicted molar refractivity (Wildman–Crippen MR) is 81.9 cm³/mol. The van der Waals surface area contributed by atoms with E-state index in [9.17, 15) is 9.18 Å². The minimum absolute atomic E-state index is 0.0418. The molecule has 0 aliphatic carbocycles. The lowest BCUT2D eigenvalue weighted by Crippen LogP contribution is -2.46. The zero-order valence-electron chi connectivity index (χ0n) is 12.1. The monoisotopic (exact) mass is 286 g/mol. The van der Waals surface area contributed by atoms with Gasteiger partial charge in [0.2, 0.25) is 0 Å². The number of halogens is 1. The van der Waals surface area contributed by atoms with Gasteiger partial charge in [0.1, 0.15) is 5.82 Å². The number of hydrogen-bond donors (Lipinski definition) is 1. The van der Waals surface area contributed by atoms with E-state index in [1.807, 2.05) is 13.1 Å². The first-order chi connectivity index (χ1) is 10.2. The summed E-state index contributed by atoms with van der Waals surface area (Å²) in [7, 11) is 1.83. The van der Waals surface area contributed by atoms with Crippen molar-refractivity contribution < 1.29 is 9.18 Å². The van der Waals surface area contributed by atoms with Crippen LogP contribution in [0.4, 0.5) is 4.39 Å². The normalized spacial score (nSPS) is 18.7. The van der Waals surface area contributed by atoms with Crippen molar-refractivity contribution in [3.05, 3.63) is 47.8 Å². The summed E-state index contributed by atoms with van der Waals surface area (Å²) in [5, 5.41) is 4.49. The summed E-state index contributed by atoms with van der Waals surface area (Å²) in [5.74, 6) is -0.330. The molecule has 3 nitrogen and oxygen atoms in total. The molecule has 0 spiro atoms. The van der Waals surface area contributed by atoms with Gasteiger partial charge in [0.05, 0.1) is 0 Å². The molecular formula is C17H19FN2O. The molecule has 0 radical (unpaired) electrons. The summed E-state index contributed by atoms with van der Waals surface area (Å²) in [6, 6.07) is 10.3. The molecule has 1 heterocycles. The lowest BCUT2D eigenvalue weighted by molar-refractivity contribution is 0.0710. The lowest BCUT2D eigenvalue weighted by atomic mass is 10.0. The fourth-order valence-electron chi connectivity index (χ4n) is 2.97. The summed E-state index contributed by atoms with van der Waals surface area (Å²) in [4.78, 5) is 14.5. The van der Waals surface area contributed by atoms with Crippen molar-refractivity contribution >= 4 is 16.7 Å². The highest BCUT2D eigenvalue weighted by atomic mass is 19.1. The molecule has 3 rings (SSSR count). The van der Waals surface area contributed by atoms with Crippen molar-refractivity contribution in [3.8, 4) is 0 Å². The fraction of sp³-hybridized carbons (Fsp3) is 0.353. The maximum Gasteiger partial charge on any atom is 0.254 e. The van der Waals surface area contributed by atoms with E-state index in [-0.39, 0.29) is 17.8 Å². The van der Waals surface area contributed by atoms with Crippen molar-refractivity contribution in [2.24, 2.45) is 0 Å². The molecule has 1 unspecified atom stereocenters. The molecule has 1 aliphatic heterocycles. The quantitative estimate of drug-likeness (QED) is 0.920. The number of fused-ring (bicyclic) bond motifs is 1. The largest absolute Gasteiger partial charge is 0.337 e. The van der Waals surface area contributed by atoms with Crippen LogP contribution in [0.1, 0.15) is 23.2 Å². The maximum absolute atomic E-state index is 13.9. The second-order valence-corrected chi connectivity index (χ2v) is 5.56. The zero-order chi connectivity index (χ0) is 14.8. The molecule has 1 N–H and O–H groups in total. The van der Waals surface area contributed by atoms with Gasteiger partial charge in [-0.15, -0.1) is 0 Å². The number of carbonyl (C=O) groups is 1. The van der Waals surface area contributed by atoms with E-state index in [4.69, 9.17) is 0 Å². The number of amides is 1. The second-order valence-electron chi connectivity index (χ2n) is 5.56. The number of benzene rings is 2. The average molecular weight is 286 g/mol. The van der Waals surface area contributed by atoms with E-state index in [2.05, 4.69) is 5.32 Å². The highest BCUT2D eigenvalue weighted by Gasteiger charge is 2.24. The minimum atomic E-state index is -0.288. The molecule has 110 valence electrons. The van der Waals surface area contributed by atoms with E-state index in [1.54, 1.807) is 29.2 Å². The predicted octanol–water partition coefficient (Wildman–Crippen LogP) is 2.80. The van der Waals surface area contributed by atoms with Gasteiger partial charge in [-0.2, -0.15) is 0 Å². The number of hydrogen-bond acceptors (Lipinski definition) is 2. The van der Waals surface area contributed by atoms with Crippen molar-refractivity contribution in [3.63, 3.8) is 0 Å². The standard InChI is InChI=1S/C17H19FN2O/c1-20(12-5-4-10-19-11-12)17(21)15-8-9-16(18)14-7-3-2-6-13(14)15/h2-3,6-9,12,19H,4-5,10-11H2,1H3. The molecule has 21 heavy (non-hydrogen) atoms.